The topological polar surface area (TPSA) is 41.6 Å². The van der Waals surface area contributed by atoms with Crippen LogP contribution in [-0.4, -0.2) is 37.2 Å². The maximum Gasteiger partial charge on any atom is 0.321 e. The summed E-state index contributed by atoms with van der Waals surface area (Å²) in [6.45, 7) is 1.63. The molecule has 2 amide bonds. The molecule has 0 radical (unpaired) electrons. The standard InChI is InChI=1S/C22H28N2O2/c1-24(14-6-12-21-13-7-15-26-21)22(25)23-20-11-5-10-19(17-20)16-18-8-3-2-4-9-18/h2-5,8-11,17,21H,6-7,12-16H2,1H3,(H,23,25)/t21-/m1/s1. The highest BCUT2D eigenvalue weighted by molar-refractivity contribution is 5.89. The van der Waals surface area contributed by atoms with Crippen molar-refractivity contribution < 1.29 is 9.53 Å². The van der Waals surface area contributed by atoms with E-state index in [4.69, 9.17) is 4.74 Å². The molecule has 26 heavy (non-hydrogen) atoms. The molecule has 1 saturated heterocycles. The predicted molar refractivity (Wildman–Crippen MR) is 106 cm³/mol. The highest BCUT2D eigenvalue weighted by Gasteiger charge is 2.16. The summed E-state index contributed by atoms with van der Waals surface area (Å²) in [5.74, 6) is 0. The molecule has 1 aliphatic heterocycles. The number of benzene rings is 2. The minimum absolute atomic E-state index is 0.0609. The van der Waals surface area contributed by atoms with E-state index >= 15 is 0 Å². The number of carbonyl (C=O) groups excluding carboxylic acids is 1. The smallest absolute Gasteiger partial charge is 0.321 e. The zero-order valence-electron chi connectivity index (χ0n) is 15.5. The number of ether oxygens (including phenoxy) is 1. The Balaban J connectivity index is 1.47. The lowest BCUT2D eigenvalue weighted by molar-refractivity contribution is 0.101. The van der Waals surface area contributed by atoms with Crippen molar-refractivity contribution in [2.24, 2.45) is 0 Å². The van der Waals surface area contributed by atoms with Crippen LogP contribution in [0, 0.1) is 0 Å². The number of anilines is 1. The zero-order chi connectivity index (χ0) is 18.2. The third-order valence-corrected chi connectivity index (χ3v) is 4.82. The van der Waals surface area contributed by atoms with E-state index in [2.05, 4.69) is 23.5 Å². The maximum atomic E-state index is 12.4. The monoisotopic (exact) mass is 352 g/mol. The Kier molecular flexibility index (Phi) is 6.67. The van der Waals surface area contributed by atoms with Gasteiger partial charge in [0.2, 0.25) is 0 Å². The Morgan fingerprint density at radius 1 is 1.15 bits per heavy atom. The third kappa shape index (κ3) is 5.60. The lowest BCUT2D eigenvalue weighted by Crippen LogP contribution is -2.32. The minimum atomic E-state index is -0.0609. The second kappa shape index (κ2) is 9.39. The number of nitrogens with one attached hydrogen (secondary N) is 1. The fourth-order valence-corrected chi connectivity index (χ4v) is 3.34. The van der Waals surface area contributed by atoms with Crippen LogP contribution < -0.4 is 5.32 Å². The van der Waals surface area contributed by atoms with Crippen LogP contribution >= 0.6 is 0 Å². The van der Waals surface area contributed by atoms with Crippen LogP contribution in [0.4, 0.5) is 10.5 Å². The van der Waals surface area contributed by atoms with Gasteiger partial charge in [0.25, 0.3) is 0 Å². The summed E-state index contributed by atoms with van der Waals surface area (Å²) >= 11 is 0. The van der Waals surface area contributed by atoms with E-state index in [1.54, 1.807) is 4.90 Å². The predicted octanol–water partition coefficient (Wildman–Crippen LogP) is 4.70. The molecule has 1 heterocycles. The van der Waals surface area contributed by atoms with Crippen molar-refractivity contribution in [3.63, 3.8) is 0 Å². The summed E-state index contributed by atoms with van der Waals surface area (Å²) in [5.41, 5.74) is 3.30. The lowest BCUT2D eigenvalue weighted by Gasteiger charge is -2.19. The second-order valence-corrected chi connectivity index (χ2v) is 6.99. The molecule has 0 spiro atoms. The van der Waals surface area contributed by atoms with Gasteiger partial charge in [0.05, 0.1) is 6.10 Å². The van der Waals surface area contributed by atoms with Crippen LogP contribution in [0.25, 0.3) is 0 Å². The van der Waals surface area contributed by atoms with Crippen LogP contribution in [0.15, 0.2) is 54.6 Å². The summed E-state index contributed by atoms with van der Waals surface area (Å²) in [7, 11) is 1.85. The van der Waals surface area contributed by atoms with E-state index in [9.17, 15) is 4.79 Å². The average molecular weight is 352 g/mol. The Morgan fingerprint density at radius 2 is 1.96 bits per heavy atom. The van der Waals surface area contributed by atoms with Crippen molar-refractivity contribution in [1.29, 1.82) is 0 Å². The fraction of sp³-hybridized carbons (Fsp3) is 0.409. The molecule has 2 aromatic rings. The van der Waals surface area contributed by atoms with Crippen molar-refractivity contribution in [1.82, 2.24) is 4.90 Å². The molecule has 1 aliphatic rings. The fourth-order valence-electron chi connectivity index (χ4n) is 3.34. The molecule has 0 saturated carbocycles. The molecule has 3 rings (SSSR count). The zero-order valence-corrected chi connectivity index (χ0v) is 15.5. The minimum Gasteiger partial charge on any atom is -0.378 e. The van der Waals surface area contributed by atoms with Gasteiger partial charge in [0, 0.05) is 25.9 Å². The van der Waals surface area contributed by atoms with Gasteiger partial charge in [-0.15, -0.1) is 0 Å². The summed E-state index contributed by atoms with van der Waals surface area (Å²) in [6.07, 6.45) is 5.58. The van der Waals surface area contributed by atoms with Gasteiger partial charge in [0.1, 0.15) is 0 Å². The molecule has 138 valence electrons. The quantitative estimate of drug-likeness (QED) is 0.785. The molecule has 2 aromatic carbocycles. The molecule has 0 unspecified atom stereocenters. The number of hydrogen-bond acceptors (Lipinski definition) is 2. The molecule has 1 atom stereocenters. The van der Waals surface area contributed by atoms with Crippen LogP contribution in [0.5, 0.6) is 0 Å². The van der Waals surface area contributed by atoms with E-state index in [0.717, 1.165) is 44.5 Å². The Hall–Kier alpha value is -2.33. The van der Waals surface area contributed by atoms with E-state index < -0.39 is 0 Å². The molecule has 4 nitrogen and oxygen atoms in total. The Labute approximate surface area is 156 Å². The van der Waals surface area contributed by atoms with Crippen LogP contribution in [0.3, 0.4) is 0 Å². The Bertz CT molecular complexity index is 696. The molecule has 4 heteroatoms. The van der Waals surface area contributed by atoms with Crippen molar-refractivity contribution >= 4 is 11.7 Å². The van der Waals surface area contributed by atoms with Crippen molar-refractivity contribution in [2.75, 3.05) is 25.5 Å². The number of nitrogens with zero attached hydrogens (tertiary/aromatic N) is 1. The molecule has 1 fully saturated rings. The van der Waals surface area contributed by atoms with E-state index in [1.807, 2.05) is 43.4 Å². The largest absolute Gasteiger partial charge is 0.378 e. The van der Waals surface area contributed by atoms with E-state index in [0.29, 0.717) is 6.10 Å². The molecule has 0 bridgehead atoms. The number of hydrogen-bond donors (Lipinski definition) is 1. The van der Waals surface area contributed by atoms with Gasteiger partial charge in [-0.3, -0.25) is 0 Å². The first-order valence-electron chi connectivity index (χ1n) is 9.47. The molecule has 1 N–H and O–H groups in total. The highest BCUT2D eigenvalue weighted by Crippen LogP contribution is 2.18. The molecular formula is C22H28N2O2. The molecule has 0 aliphatic carbocycles. The first kappa shape index (κ1) is 18.5. The first-order valence-corrected chi connectivity index (χ1v) is 9.47. The summed E-state index contributed by atoms with van der Waals surface area (Å²) in [5, 5.41) is 3.00. The molecular weight excluding hydrogens is 324 g/mol. The number of carbonyl (C=O) groups is 1. The Morgan fingerprint density at radius 3 is 2.73 bits per heavy atom. The van der Waals surface area contributed by atoms with Crippen LogP contribution in [0.1, 0.15) is 36.8 Å². The van der Waals surface area contributed by atoms with Crippen LogP contribution in [-0.2, 0) is 11.2 Å². The second-order valence-electron chi connectivity index (χ2n) is 6.99. The van der Waals surface area contributed by atoms with Gasteiger partial charge in [-0.05, 0) is 55.4 Å². The summed E-state index contributed by atoms with van der Waals surface area (Å²) < 4.78 is 5.63. The van der Waals surface area contributed by atoms with Gasteiger partial charge in [-0.1, -0.05) is 42.5 Å². The third-order valence-electron chi connectivity index (χ3n) is 4.82. The number of rotatable bonds is 7. The van der Waals surface area contributed by atoms with Crippen molar-refractivity contribution in [2.45, 2.75) is 38.2 Å². The maximum absolute atomic E-state index is 12.4. The highest BCUT2D eigenvalue weighted by atomic mass is 16.5. The first-order chi connectivity index (χ1) is 12.7. The van der Waals surface area contributed by atoms with Gasteiger partial charge < -0.3 is 15.0 Å². The normalized spacial score (nSPS) is 16.4. The van der Waals surface area contributed by atoms with Gasteiger partial charge in [0.15, 0.2) is 0 Å². The van der Waals surface area contributed by atoms with Crippen molar-refractivity contribution in [3.8, 4) is 0 Å². The summed E-state index contributed by atoms with van der Waals surface area (Å²) in [6, 6.07) is 18.4. The summed E-state index contributed by atoms with van der Waals surface area (Å²) in [4.78, 5) is 14.1. The number of urea groups is 1. The molecule has 0 aromatic heterocycles. The van der Waals surface area contributed by atoms with Gasteiger partial charge in [-0.25, -0.2) is 4.79 Å². The SMILES string of the molecule is CN(CCC[C@@H]1CCCO1)C(=O)Nc1cccc(Cc2ccccc2)c1. The van der Waals surface area contributed by atoms with Gasteiger partial charge >= 0.3 is 6.03 Å². The van der Waals surface area contributed by atoms with Crippen molar-refractivity contribution in [3.05, 3.63) is 65.7 Å². The number of amides is 2. The van der Waals surface area contributed by atoms with Gasteiger partial charge in [-0.2, -0.15) is 0 Å². The van der Waals surface area contributed by atoms with Crippen LogP contribution in [0.2, 0.25) is 0 Å². The van der Waals surface area contributed by atoms with E-state index in [-0.39, 0.29) is 6.03 Å². The average Bonchev–Trinajstić information content (AvgIpc) is 3.16. The lowest BCUT2D eigenvalue weighted by atomic mass is 10.0. The van der Waals surface area contributed by atoms with E-state index in [1.165, 1.54) is 17.5 Å².